The maximum absolute atomic E-state index is 10.3. The number of nitrogens with two attached hydrogens (primary N) is 1. The summed E-state index contributed by atoms with van der Waals surface area (Å²) in [5.74, 6) is 1.18. The molecule has 0 radical (unpaired) electrons. The largest absolute Gasteiger partial charge is 0.398 e. The minimum atomic E-state index is -0.908. The van der Waals surface area contributed by atoms with Crippen molar-refractivity contribution in [3.8, 4) is 11.3 Å². The van der Waals surface area contributed by atoms with Crippen LogP contribution in [0.15, 0.2) is 18.2 Å². The first-order valence-corrected chi connectivity index (χ1v) is 8.32. The minimum Gasteiger partial charge on any atom is -0.398 e. The number of aliphatic hydroxyl groups is 1. The van der Waals surface area contributed by atoms with Gasteiger partial charge in [0.25, 0.3) is 5.82 Å². The molecular weight excluding hydrogens is 300 g/mol. The average Bonchev–Trinajstić information content (AvgIpc) is 2.81. The molecule has 0 spiro atoms. The van der Waals surface area contributed by atoms with Gasteiger partial charge in [-0.25, -0.2) is 0 Å². The molecule has 128 valence electrons. The minimum absolute atomic E-state index is 0.348. The molecule has 5 nitrogen and oxygen atoms in total. The van der Waals surface area contributed by atoms with Crippen molar-refractivity contribution in [1.29, 1.82) is 0 Å². The number of benzene rings is 1. The number of aromatic nitrogens is 2. The van der Waals surface area contributed by atoms with Crippen molar-refractivity contribution in [2.24, 2.45) is 0 Å². The number of anilines is 1. The standard InChI is InChI=1S/C19H26N4O/c1-6-7-8-16-22-18(21-5)17(23(16)12-19(3,4)24)14-10-9-13(2)11-15(14)20/h9-11,24H,6-8,12,20H2,1-4H3. The van der Waals surface area contributed by atoms with Gasteiger partial charge < -0.3 is 20.3 Å². The van der Waals surface area contributed by atoms with Gasteiger partial charge in [0.2, 0.25) is 5.82 Å². The van der Waals surface area contributed by atoms with Crippen LogP contribution in [0.25, 0.3) is 16.1 Å². The van der Waals surface area contributed by atoms with Gasteiger partial charge in [-0.3, -0.25) is 0 Å². The van der Waals surface area contributed by atoms with Crippen LogP contribution < -0.4 is 5.73 Å². The molecule has 0 saturated heterocycles. The summed E-state index contributed by atoms with van der Waals surface area (Å²) >= 11 is 0. The Bertz CT molecular complexity index is 763. The Balaban J connectivity index is 2.67. The van der Waals surface area contributed by atoms with Gasteiger partial charge in [-0.2, -0.15) is 0 Å². The number of aryl methyl sites for hydroxylation is 2. The van der Waals surface area contributed by atoms with E-state index in [9.17, 15) is 5.11 Å². The molecule has 1 heterocycles. The van der Waals surface area contributed by atoms with Crippen molar-refractivity contribution in [3.63, 3.8) is 0 Å². The third-order valence-electron chi connectivity index (χ3n) is 3.90. The maximum Gasteiger partial charge on any atom is 0.295 e. The zero-order valence-corrected chi connectivity index (χ0v) is 14.9. The molecule has 0 bridgehead atoms. The molecule has 5 heteroatoms. The highest BCUT2D eigenvalue weighted by Gasteiger charge is 2.26. The molecule has 0 atom stereocenters. The summed E-state index contributed by atoms with van der Waals surface area (Å²) in [7, 11) is 0. The fourth-order valence-electron chi connectivity index (χ4n) is 2.81. The third-order valence-corrected chi connectivity index (χ3v) is 3.90. The fourth-order valence-corrected chi connectivity index (χ4v) is 2.81. The number of imidazole rings is 1. The van der Waals surface area contributed by atoms with Gasteiger partial charge in [0.1, 0.15) is 0 Å². The molecule has 1 aromatic carbocycles. The van der Waals surface area contributed by atoms with E-state index in [0.29, 0.717) is 23.7 Å². The topological polar surface area (TPSA) is 68.4 Å². The van der Waals surface area contributed by atoms with E-state index in [-0.39, 0.29) is 0 Å². The molecule has 2 rings (SSSR count). The van der Waals surface area contributed by atoms with E-state index < -0.39 is 5.60 Å². The van der Waals surface area contributed by atoms with Crippen LogP contribution in [0.5, 0.6) is 0 Å². The Kier molecular flexibility index (Phi) is 5.30. The predicted octanol–water partition coefficient (Wildman–Crippen LogP) is 4.11. The van der Waals surface area contributed by atoms with Crippen LogP contribution in [0, 0.1) is 13.5 Å². The lowest BCUT2D eigenvalue weighted by atomic mass is 10.1. The molecule has 0 aliphatic rings. The Morgan fingerprint density at radius 1 is 1.38 bits per heavy atom. The molecule has 0 amide bonds. The van der Waals surface area contributed by atoms with Gasteiger partial charge in [0, 0.05) is 17.7 Å². The average molecular weight is 326 g/mol. The molecule has 1 aromatic heterocycles. The van der Waals surface area contributed by atoms with E-state index >= 15 is 0 Å². The highest BCUT2D eigenvalue weighted by molar-refractivity contribution is 5.82. The van der Waals surface area contributed by atoms with Crippen molar-refractivity contribution in [2.75, 3.05) is 5.73 Å². The first-order chi connectivity index (χ1) is 11.3. The monoisotopic (exact) mass is 326 g/mol. The van der Waals surface area contributed by atoms with Crippen LogP contribution in [-0.2, 0) is 13.0 Å². The van der Waals surface area contributed by atoms with Gasteiger partial charge in [0.15, 0.2) is 0 Å². The van der Waals surface area contributed by atoms with E-state index in [1.54, 1.807) is 13.8 Å². The van der Waals surface area contributed by atoms with Crippen LogP contribution in [0.4, 0.5) is 11.5 Å². The second-order valence-electron chi connectivity index (χ2n) is 6.90. The molecule has 24 heavy (non-hydrogen) atoms. The van der Waals surface area contributed by atoms with Gasteiger partial charge in [-0.1, -0.05) is 32.0 Å². The SMILES string of the molecule is [C-]#[N+]c1nc(CCCC)n(CC(C)(C)O)c1-c1ccc(C)cc1N. The van der Waals surface area contributed by atoms with E-state index in [1.807, 2.05) is 29.7 Å². The smallest absolute Gasteiger partial charge is 0.295 e. The summed E-state index contributed by atoms with van der Waals surface area (Å²) in [6.45, 7) is 15.5. The predicted molar refractivity (Wildman–Crippen MR) is 98.0 cm³/mol. The second kappa shape index (κ2) is 7.06. The zero-order valence-electron chi connectivity index (χ0n) is 14.9. The Morgan fingerprint density at radius 3 is 2.62 bits per heavy atom. The summed E-state index contributed by atoms with van der Waals surface area (Å²) in [6, 6.07) is 5.81. The second-order valence-corrected chi connectivity index (χ2v) is 6.90. The summed E-state index contributed by atoms with van der Waals surface area (Å²) in [4.78, 5) is 8.14. The van der Waals surface area contributed by atoms with Crippen LogP contribution >= 0.6 is 0 Å². The summed E-state index contributed by atoms with van der Waals surface area (Å²) in [6.07, 6.45) is 2.81. The molecule has 3 N–H and O–H groups in total. The van der Waals surface area contributed by atoms with Crippen molar-refractivity contribution in [1.82, 2.24) is 9.55 Å². The van der Waals surface area contributed by atoms with Gasteiger partial charge in [-0.15, -0.1) is 4.98 Å². The van der Waals surface area contributed by atoms with Crippen LogP contribution in [0.1, 0.15) is 45.0 Å². The highest BCUT2D eigenvalue weighted by atomic mass is 16.3. The van der Waals surface area contributed by atoms with E-state index in [2.05, 4.69) is 16.8 Å². The molecule has 0 saturated carbocycles. The lowest BCUT2D eigenvalue weighted by molar-refractivity contribution is 0.0610. The fraction of sp³-hybridized carbons (Fsp3) is 0.474. The number of nitrogens with zero attached hydrogens (tertiary/aromatic N) is 3. The highest BCUT2D eigenvalue weighted by Crippen LogP contribution is 2.36. The number of unbranched alkanes of at least 4 members (excludes halogenated alkanes) is 1. The summed E-state index contributed by atoms with van der Waals surface area (Å²) in [5, 5.41) is 10.3. The van der Waals surface area contributed by atoms with E-state index in [0.717, 1.165) is 36.2 Å². The van der Waals surface area contributed by atoms with Crippen molar-refractivity contribution in [3.05, 3.63) is 41.0 Å². The Labute approximate surface area is 144 Å². The molecule has 0 aliphatic heterocycles. The first-order valence-electron chi connectivity index (χ1n) is 8.32. The Morgan fingerprint density at radius 2 is 2.08 bits per heavy atom. The number of hydrogen-bond acceptors (Lipinski definition) is 3. The quantitative estimate of drug-likeness (QED) is 0.620. The molecule has 0 aliphatic carbocycles. The van der Waals surface area contributed by atoms with Gasteiger partial charge in [-0.05, 0) is 38.8 Å². The van der Waals surface area contributed by atoms with Crippen LogP contribution in [0.3, 0.4) is 0 Å². The number of hydrogen-bond donors (Lipinski definition) is 2. The lowest BCUT2D eigenvalue weighted by Crippen LogP contribution is -2.27. The van der Waals surface area contributed by atoms with Crippen molar-refractivity contribution >= 4 is 11.5 Å². The van der Waals surface area contributed by atoms with Gasteiger partial charge >= 0.3 is 0 Å². The molecule has 2 aromatic rings. The molecule has 0 unspecified atom stereocenters. The lowest BCUT2D eigenvalue weighted by Gasteiger charge is -2.21. The first kappa shape index (κ1) is 18.0. The van der Waals surface area contributed by atoms with Crippen molar-refractivity contribution < 1.29 is 5.11 Å². The van der Waals surface area contributed by atoms with Crippen molar-refractivity contribution in [2.45, 2.75) is 59.1 Å². The van der Waals surface area contributed by atoms with E-state index in [4.69, 9.17) is 12.3 Å². The molecular formula is C19H26N4O. The Hall–Kier alpha value is -2.32. The van der Waals surface area contributed by atoms with Crippen LogP contribution in [-0.4, -0.2) is 20.3 Å². The maximum atomic E-state index is 10.3. The summed E-state index contributed by atoms with van der Waals surface area (Å²) in [5.41, 5.74) is 8.50. The normalized spacial score (nSPS) is 11.5. The van der Waals surface area contributed by atoms with Gasteiger partial charge in [0.05, 0.1) is 17.8 Å². The third kappa shape index (κ3) is 3.95. The molecule has 0 fully saturated rings. The zero-order chi connectivity index (χ0) is 17.9. The van der Waals surface area contributed by atoms with Crippen LogP contribution in [0.2, 0.25) is 0 Å². The summed E-state index contributed by atoms with van der Waals surface area (Å²) < 4.78 is 1.96. The van der Waals surface area contributed by atoms with E-state index in [1.165, 1.54) is 0 Å². The number of rotatable bonds is 6. The number of nitrogen functional groups attached to an aromatic ring is 1.